The molecule has 2 aliphatic heterocycles. The summed E-state index contributed by atoms with van der Waals surface area (Å²) in [5.41, 5.74) is 1.14. The second-order valence-electron chi connectivity index (χ2n) is 8.57. The number of piperidine rings is 1. The summed E-state index contributed by atoms with van der Waals surface area (Å²) >= 11 is 0. The minimum Gasteiger partial charge on any atom is -0.376 e. The molecule has 1 atom stereocenters. The maximum Gasteiger partial charge on any atom is 0.244 e. The zero-order valence-electron chi connectivity index (χ0n) is 19.8. The summed E-state index contributed by atoms with van der Waals surface area (Å²) in [6.45, 7) is 9.67. The van der Waals surface area contributed by atoms with Crippen molar-refractivity contribution in [3.63, 3.8) is 0 Å². The quantitative estimate of drug-likeness (QED) is 0.468. The number of hydrogen-bond donors (Lipinski definition) is 1. The fourth-order valence-corrected chi connectivity index (χ4v) is 4.26. The number of amides is 1. The normalized spacial score (nSPS) is 20.2. The van der Waals surface area contributed by atoms with Gasteiger partial charge in [0, 0.05) is 39.3 Å². The van der Waals surface area contributed by atoms with Gasteiger partial charge in [-0.3, -0.25) is 4.79 Å². The van der Waals surface area contributed by atoms with Crippen molar-refractivity contribution in [1.29, 1.82) is 0 Å². The van der Waals surface area contributed by atoms with Crippen molar-refractivity contribution in [3.8, 4) is 0 Å². The monoisotopic (exact) mass is 444 g/mol. The Morgan fingerprint density at radius 3 is 2.62 bits per heavy atom. The lowest BCUT2D eigenvalue weighted by Gasteiger charge is -2.35. The van der Waals surface area contributed by atoms with Gasteiger partial charge in [0.2, 0.25) is 5.91 Å². The molecule has 1 N–H and O–H groups in total. The summed E-state index contributed by atoms with van der Waals surface area (Å²) < 4.78 is 11.9. The van der Waals surface area contributed by atoms with E-state index in [0.717, 1.165) is 57.0 Å². The number of carbonyl (C=O) groups is 1. The van der Waals surface area contributed by atoms with Crippen LogP contribution in [0, 0.1) is 0 Å². The topological polar surface area (TPSA) is 66.4 Å². The van der Waals surface area contributed by atoms with E-state index in [4.69, 9.17) is 9.47 Å². The van der Waals surface area contributed by atoms with E-state index in [2.05, 4.69) is 34.3 Å². The molecule has 1 amide bonds. The van der Waals surface area contributed by atoms with Crippen LogP contribution < -0.4 is 5.32 Å². The van der Waals surface area contributed by atoms with Crippen molar-refractivity contribution in [3.05, 3.63) is 35.9 Å². The van der Waals surface area contributed by atoms with Gasteiger partial charge in [-0.1, -0.05) is 30.3 Å². The summed E-state index contributed by atoms with van der Waals surface area (Å²) in [5.74, 6) is 0.878. The Morgan fingerprint density at radius 2 is 1.97 bits per heavy atom. The average Bonchev–Trinajstić information content (AvgIpc) is 2.85. The van der Waals surface area contributed by atoms with Crippen LogP contribution in [-0.2, 0) is 20.8 Å². The van der Waals surface area contributed by atoms with Crippen LogP contribution in [0.4, 0.5) is 0 Å². The highest BCUT2D eigenvalue weighted by Crippen LogP contribution is 2.18. The molecule has 0 radical (unpaired) electrons. The number of ether oxygens (including phenoxy) is 2. The van der Waals surface area contributed by atoms with E-state index in [9.17, 15) is 4.79 Å². The Balaban J connectivity index is 1.46. The Bertz CT molecular complexity index is 698. The zero-order valence-corrected chi connectivity index (χ0v) is 19.8. The molecule has 2 heterocycles. The Morgan fingerprint density at radius 1 is 1.19 bits per heavy atom. The van der Waals surface area contributed by atoms with Crippen molar-refractivity contribution in [2.24, 2.45) is 4.99 Å². The first-order valence-electron chi connectivity index (χ1n) is 12.3. The van der Waals surface area contributed by atoms with Crippen molar-refractivity contribution in [1.82, 2.24) is 15.1 Å². The summed E-state index contributed by atoms with van der Waals surface area (Å²) in [6.07, 6.45) is 6.02. The van der Waals surface area contributed by atoms with E-state index in [1.807, 2.05) is 30.0 Å². The van der Waals surface area contributed by atoms with Gasteiger partial charge in [0.1, 0.15) is 6.54 Å². The van der Waals surface area contributed by atoms with Gasteiger partial charge in [0.15, 0.2) is 5.96 Å². The molecule has 2 aliphatic rings. The predicted molar refractivity (Wildman–Crippen MR) is 128 cm³/mol. The van der Waals surface area contributed by atoms with Crippen LogP contribution in [0.25, 0.3) is 0 Å². The highest BCUT2D eigenvalue weighted by molar-refractivity contribution is 5.85. The van der Waals surface area contributed by atoms with Crippen molar-refractivity contribution in [2.75, 3.05) is 45.9 Å². The third-order valence-electron chi connectivity index (χ3n) is 6.18. The third-order valence-corrected chi connectivity index (χ3v) is 6.18. The first kappa shape index (κ1) is 24.5. The molecule has 178 valence electrons. The number of nitrogens with zero attached hydrogens (tertiary/aromatic N) is 3. The predicted octanol–water partition coefficient (Wildman–Crippen LogP) is 3.05. The fourth-order valence-electron chi connectivity index (χ4n) is 4.26. The molecule has 3 rings (SSSR count). The lowest BCUT2D eigenvalue weighted by molar-refractivity contribution is -0.130. The fraction of sp³-hybridized carbons (Fsp3) is 0.680. The zero-order chi connectivity index (χ0) is 22.6. The first-order valence-corrected chi connectivity index (χ1v) is 12.3. The molecule has 0 saturated carbocycles. The van der Waals surface area contributed by atoms with Gasteiger partial charge in [-0.2, -0.15) is 0 Å². The molecule has 1 unspecified atom stereocenters. The third kappa shape index (κ3) is 7.78. The molecule has 32 heavy (non-hydrogen) atoms. The van der Waals surface area contributed by atoms with E-state index >= 15 is 0 Å². The van der Waals surface area contributed by atoms with E-state index in [-0.39, 0.29) is 24.7 Å². The van der Waals surface area contributed by atoms with E-state index in [0.29, 0.717) is 19.7 Å². The second-order valence-corrected chi connectivity index (χ2v) is 8.57. The van der Waals surface area contributed by atoms with Gasteiger partial charge in [-0.15, -0.1) is 0 Å². The maximum atomic E-state index is 12.8. The van der Waals surface area contributed by atoms with Gasteiger partial charge < -0.3 is 24.6 Å². The molecule has 1 aromatic carbocycles. The minimum absolute atomic E-state index is 0.0532. The van der Waals surface area contributed by atoms with Crippen LogP contribution in [0.2, 0.25) is 0 Å². The number of aliphatic imine (C=N–C) groups is 1. The number of benzene rings is 1. The number of carbonyl (C=O) groups excluding carboxylic acids is 1. The smallest absolute Gasteiger partial charge is 0.244 e. The summed E-state index contributed by atoms with van der Waals surface area (Å²) in [5, 5.41) is 3.36. The van der Waals surface area contributed by atoms with Crippen LogP contribution in [0.15, 0.2) is 35.3 Å². The van der Waals surface area contributed by atoms with Crippen LogP contribution in [-0.4, -0.2) is 79.8 Å². The molecule has 0 bridgehead atoms. The number of likely N-dealkylation sites (N-methyl/N-ethyl adjacent to an activating group) is 1. The molecule has 2 fully saturated rings. The SMILES string of the molecule is CCNC(=NCC(=O)N(CC)Cc1ccccc1)N1CCC(OCC2CCCCO2)CC1. The lowest BCUT2D eigenvalue weighted by Crippen LogP contribution is -2.47. The van der Waals surface area contributed by atoms with E-state index < -0.39 is 0 Å². The van der Waals surface area contributed by atoms with Crippen LogP contribution >= 0.6 is 0 Å². The van der Waals surface area contributed by atoms with E-state index in [1.54, 1.807) is 0 Å². The molecule has 7 heteroatoms. The van der Waals surface area contributed by atoms with Crippen molar-refractivity contribution >= 4 is 11.9 Å². The van der Waals surface area contributed by atoms with Gasteiger partial charge in [0.25, 0.3) is 0 Å². The molecule has 1 aromatic rings. The molecule has 0 aromatic heterocycles. The Kier molecular flexibility index (Phi) is 10.3. The maximum absolute atomic E-state index is 12.8. The van der Waals surface area contributed by atoms with Crippen LogP contribution in [0.5, 0.6) is 0 Å². The van der Waals surface area contributed by atoms with Crippen LogP contribution in [0.3, 0.4) is 0 Å². The second kappa shape index (κ2) is 13.4. The Hall–Kier alpha value is -2.12. The van der Waals surface area contributed by atoms with Crippen LogP contribution in [0.1, 0.15) is 51.5 Å². The van der Waals surface area contributed by atoms with Crippen molar-refractivity contribution < 1.29 is 14.3 Å². The average molecular weight is 445 g/mol. The molecular formula is C25H40N4O3. The lowest BCUT2D eigenvalue weighted by atomic mass is 10.1. The number of rotatable bonds is 9. The highest BCUT2D eigenvalue weighted by atomic mass is 16.5. The molecule has 0 spiro atoms. The van der Waals surface area contributed by atoms with Gasteiger partial charge in [-0.25, -0.2) is 4.99 Å². The molecule has 0 aliphatic carbocycles. The molecule has 7 nitrogen and oxygen atoms in total. The molecule has 2 saturated heterocycles. The Labute approximate surface area is 193 Å². The standard InChI is InChI=1S/C25H40N4O3/c1-3-26-25(27-18-24(30)28(4-2)19-21-10-6-5-7-11-21)29-15-13-22(14-16-29)32-20-23-12-8-9-17-31-23/h5-7,10-11,22-23H,3-4,8-9,12-20H2,1-2H3,(H,26,27). The van der Waals surface area contributed by atoms with Gasteiger partial charge in [0.05, 0.1) is 18.8 Å². The highest BCUT2D eigenvalue weighted by Gasteiger charge is 2.24. The van der Waals surface area contributed by atoms with E-state index in [1.165, 1.54) is 12.8 Å². The summed E-state index contributed by atoms with van der Waals surface area (Å²) in [6, 6.07) is 10.1. The van der Waals surface area contributed by atoms with Gasteiger partial charge in [-0.05, 0) is 51.5 Å². The van der Waals surface area contributed by atoms with Gasteiger partial charge >= 0.3 is 0 Å². The molecular weight excluding hydrogens is 404 g/mol. The summed E-state index contributed by atoms with van der Waals surface area (Å²) in [7, 11) is 0. The number of hydrogen-bond acceptors (Lipinski definition) is 4. The van der Waals surface area contributed by atoms with Crippen molar-refractivity contribution in [2.45, 2.75) is 64.7 Å². The minimum atomic E-state index is 0.0532. The first-order chi connectivity index (χ1) is 15.7. The summed E-state index contributed by atoms with van der Waals surface area (Å²) in [4.78, 5) is 21.6. The number of guanidine groups is 1. The number of likely N-dealkylation sites (tertiary alicyclic amines) is 1. The number of nitrogens with one attached hydrogen (secondary N) is 1. The largest absolute Gasteiger partial charge is 0.376 e.